The van der Waals surface area contributed by atoms with E-state index in [1.54, 1.807) is 0 Å². The van der Waals surface area contributed by atoms with Gasteiger partial charge in [0.25, 0.3) is 0 Å². The van der Waals surface area contributed by atoms with Gasteiger partial charge in [0.2, 0.25) is 0 Å². The number of benzene rings is 1. The molecule has 1 aromatic rings. The van der Waals surface area contributed by atoms with Crippen molar-refractivity contribution >= 4 is 5.97 Å². The lowest BCUT2D eigenvalue weighted by atomic mass is 10.0. The Labute approximate surface area is 83.3 Å². The minimum absolute atomic E-state index is 0.134. The van der Waals surface area contributed by atoms with E-state index >= 15 is 0 Å². The van der Waals surface area contributed by atoms with Crippen LogP contribution in [0.4, 0.5) is 13.2 Å². The molecule has 0 aliphatic rings. The van der Waals surface area contributed by atoms with Gasteiger partial charge in [0, 0.05) is 0 Å². The average molecular weight is 218 g/mol. The fourth-order valence-corrected chi connectivity index (χ4v) is 1.04. The van der Waals surface area contributed by atoms with Crippen LogP contribution in [0.15, 0.2) is 24.3 Å². The van der Waals surface area contributed by atoms with Crippen LogP contribution in [0.1, 0.15) is 17.2 Å². The Morgan fingerprint density at radius 3 is 2.47 bits per heavy atom. The Balaban J connectivity index is 3.08. The van der Waals surface area contributed by atoms with Crippen LogP contribution < -0.4 is 10.8 Å². The molecular formula is C9H7F3NO2-. The molecule has 6 heteroatoms. The average Bonchev–Trinajstić information content (AvgIpc) is 2.15. The Bertz CT molecular complexity index is 376. The largest absolute Gasteiger partial charge is 0.548 e. The van der Waals surface area contributed by atoms with E-state index in [0.717, 1.165) is 12.1 Å². The third-order valence-electron chi connectivity index (χ3n) is 1.83. The summed E-state index contributed by atoms with van der Waals surface area (Å²) in [6.07, 6.45) is -4.51. The number of carbonyl (C=O) groups excluding carboxylic acids is 1. The first kappa shape index (κ1) is 11.5. The number of carbonyl (C=O) groups is 1. The summed E-state index contributed by atoms with van der Waals surface area (Å²) < 4.78 is 36.7. The third kappa shape index (κ3) is 2.69. The highest BCUT2D eigenvalue weighted by Gasteiger charge is 2.30. The van der Waals surface area contributed by atoms with Crippen molar-refractivity contribution in [1.82, 2.24) is 0 Å². The summed E-state index contributed by atoms with van der Waals surface area (Å²) in [4.78, 5) is 10.3. The fraction of sp³-hybridized carbons (Fsp3) is 0.222. The Hall–Kier alpha value is -1.56. The summed E-state index contributed by atoms with van der Waals surface area (Å²) in [5, 5.41) is 10.3. The van der Waals surface area contributed by atoms with Gasteiger partial charge >= 0.3 is 6.18 Å². The van der Waals surface area contributed by atoms with E-state index in [2.05, 4.69) is 0 Å². The van der Waals surface area contributed by atoms with Gasteiger partial charge in [-0.1, -0.05) is 12.1 Å². The third-order valence-corrected chi connectivity index (χ3v) is 1.83. The maximum absolute atomic E-state index is 12.2. The maximum atomic E-state index is 12.2. The lowest BCUT2D eigenvalue weighted by molar-refractivity contribution is -0.307. The summed E-state index contributed by atoms with van der Waals surface area (Å²) in [5.74, 6) is -1.62. The Morgan fingerprint density at radius 1 is 1.40 bits per heavy atom. The monoisotopic (exact) mass is 218 g/mol. The SMILES string of the molecule is NC(C(=O)[O-])c1cccc(C(F)(F)F)c1. The summed E-state index contributed by atoms with van der Waals surface area (Å²) in [5.41, 5.74) is 4.05. The number of aliphatic carboxylic acids is 1. The van der Waals surface area contributed by atoms with Crippen molar-refractivity contribution in [2.45, 2.75) is 12.2 Å². The molecule has 1 aromatic carbocycles. The normalized spacial score (nSPS) is 13.6. The van der Waals surface area contributed by atoms with Crippen LogP contribution in [0.5, 0.6) is 0 Å². The number of hydrogen-bond acceptors (Lipinski definition) is 3. The van der Waals surface area contributed by atoms with Crippen molar-refractivity contribution in [3.8, 4) is 0 Å². The van der Waals surface area contributed by atoms with Gasteiger partial charge in [0.1, 0.15) is 0 Å². The maximum Gasteiger partial charge on any atom is 0.416 e. The molecule has 0 amide bonds. The van der Waals surface area contributed by atoms with Crippen molar-refractivity contribution < 1.29 is 23.1 Å². The summed E-state index contributed by atoms with van der Waals surface area (Å²) in [7, 11) is 0. The molecule has 0 saturated heterocycles. The molecule has 0 spiro atoms. The number of nitrogens with two attached hydrogens (primary N) is 1. The van der Waals surface area contributed by atoms with E-state index in [0.29, 0.717) is 6.07 Å². The molecule has 0 saturated carbocycles. The van der Waals surface area contributed by atoms with Gasteiger partial charge in [-0.3, -0.25) is 0 Å². The van der Waals surface area contributed by atoms with Gasteiger partial charge < -0.3 is 15.6 Å². The first-order chi connectivity index (χ1) is 6.82. The van der Waals surface area contributed by atoms with Gasteiger partial charge in [0.15, 0.2) is 0 Å². The molecule has 0 aromatic heterocycles. The number of alkyl halides is 3. The molecule has 0 aliphatic carbocycles. The van der Waals surface area contributed by atoms with E-state index in [1.165, 1.54) is 6.07 Å². The molecule has 0 heterocycles. The summed E-state index contributed by atoms with van der Waals surface area (Å²) >= 11 is 0. The van der Waals surface area contributed by atoms with E-state index in [4.69, 9.17) is 5.73 Å². The zero-order chi connectivity index (χ0) is 11.6. The van der Waals surface area contributed by atoms with Crippen molar-refractivity contribution in [2.75, 3.05) is 0 Å². The molecule has 3 nitrogen and oxygen atoms in total. The van der Waals surface area contributed by atoms with Crippen LogP contribution in [-0.4, -0.2) is 5.97 Å². The number of rotatable bonds is 2. The van der Waals surface area contributed by atoms with Crippen LogP contribution in [0.2, 0.25) is 0 Å². The second-order valence-corrected chi connectivity index (χ2v) is 2.92. The molecule has 0 fully saturated rings. The lowest BCUT2D eigenvalue weighted by Crippen LogP contribution is -2.34. The highest BCUT2D eigenvalue weighted by molar-refractivity contribution is 5.73. The summed E-state index contributed by atoms with van der Waals surface area (Å²) in [6, 6.07) is 2.29. The highest BCUT2D eigenvalue weighted by Crippen LogP contribution is 2.30. The van der Waals surface area contributed by atoms with Gasteiger partial charge in [-0.15, -0.1) is 0 Å². The van der Waals surface area contributed by atoms with Crippen LogP contribution in [0.25, 0.3) is 0 Å². The second kappa shape index (κ2) is 3.90. The smallest absolute Gasteiger partial charge is 0.416 e. The molecule has 0 radical (unpaired) electrons. The zero-order valence-corrected chi connectivity index (χ0v) is 7.41. The topological polar surface area (TPSA) is 66.2 Å². The predicted octanol–water partition coefficient (Wildman–Crippen LogP) is 0.455. The van der Waals surface area contributed by atoms with Gasteiger partial charge in [-0.25, -0.2) is 0 Å². The van der Waals surface area contributed by atoms with Crippen LogP contribution in [0, 0.1) is 0 Å². The highest BCUT2D eigenvalue weighted by atomic mass is 19.4. The van der Waals surface area contributed by atoms with Gasteiger partial charge in [-0.2, -0.15) is 13.2 Å². The van der Waals surface area contributed by atoms with Crippen molar-refractivity contribution in [1.29, 1.82) is 0 Å². The van der Waals surface area contributed by atoms with Crippen LogP contribution in [-0.2, 0) is 11.0 Å². The minimum Gasteiger partial charge on any atom is -0.548 e. The molecule has 1 atom stereocenters. The van der Waals surface area contributed by atoms with Gasteiger partial charge in [-0.05, 0) is 17.7 Å². The number of hydrogen-bond donors (Lipinski definition) is 1. The minimum atomic E-state index is -4.51. The molecule has 1 unspecified atom stereocenters. The lowest BCUT2D eigenvalue weighted by Gasteiger charge is -2.14. The molecule has 2 N–H and O–H groups in total. The standard InChI is InChI=1S/C9H8F3NO2/c10-9(11,12)6-3-1-2-5(4-6)7(13)8(14)15/h1-4,7H,13H2,(H,14,15)/p-1. The zero-order valence-electron chi connectivity index (χ0n) is 7.41. The number of halogens is 3. The van der Waals surface area contributed by atoms with Crippen molar-refractivity contribution in [2.24, 2.45) is 5.73 Å². The second-order valence-electron chi connectivity index (χ2n) is 2.92. The van der Waals surface area contributed by atoms with Crippen LogP contribution >= 0.6 is 0 Å². The molecular weight excluding hydrogens is 211 g/mol. The quantitative estimate of drug-likeness (QED) is 0.783. The fourth-order valence-electron chi connectivity index (χ4n) is 1.04. The van der Waals surface area contributed by atoms with E-state index < -0.39 is 23.8 Å². The first-order valence-electron chi connectivity index (χ1n) is 3.96. The first-order valence-corrected chi connectivity index (χ1v) is 3.96. The molecule has 15 heavy (non-hydrogen) atoms. The Kier molecular flexibility index (Phi) is 2.99. The van der Waals surface area contributed by atoms with E-state index in [-0.39, 0.29) is 5.56 Å². The van der Waals surface area contributed by atoms with Crippen molar-refractivity contribution in [3.05, 3.63) is 35.4 Å². The molecule has 1 rings (SSSR count). The molecule has 0 aliphatic heterocycles. The number of carboxylic acids is 1. The number of carboxylic acid groups (broad SMARTS) is 1. The Morgan fingerprint density at radius 2 is 2.00 bits per heavy atom. The predicted molar refractivity (Wildman–Crippen MR) is 43.4 cm³/mol. The van der Waals surface area contributed by atoms with E-state index in [9.17, 15) is 23.1 Å². The molecule has 82 valence electrons. The molecule has 0 bridgehead atoms. The van der Waals surface area contributed by atoms with Crippen molar-refractivity contribution in [3.63, 3.8) is 0 Å². The van der Waals surface area contributed by atoms with Crippen LogP contribution in [0.3, 0.4) is 0 Å². The summed E-state index contributed by atoms with van der Waals surface area (Å²) in [6.45, 7) is 0. The van der Waals surface area contributed by atoms with Gasteiger partial charge in [0.05, 0.1) is 17.6 Å². The van der Waals surface area contributed by atoms with E-state index in [1.807, 2.05) is 0 Å².